The van der Waals surface area contributed by atoms with Crippen molar-refractivity contribution in [2.24, 2.45) is 5.10 Å². The molecule has 0 fully saturated rings. The molecule has 26 heavy (non-hydrogen) atoms. The number of benzene rings is 1. The van der Waals surface area contributed by atoms with Gasteiger partial charge >= 0.3 is 0 Å². The van der Waals surface area contributed by atoms with Crippen molar-refractivity contribution in [3.63, 3.8) is 0 Å². The second-order valence-electron chi connectivity index (χ2n) is 6.19. The van der Waals surface area contributed by atoms with Crippen LogP contribution in [0, 0.1) is 20.8 Å². The molecule has 0 aliphatic rings. The van der Waals surface area contributed by atoms with Gasteiger partial charge in [-0.15, -0.1) is 0 Å². The third kappa shape index (κ3) is 3.55. The van der Waals surface area contributed by atoms with Crippen LogP contribution in [-0.4, -0.2) is 20.7 Å². The predicted molar refractivity (Wildman–Crippen MR) is 105 cm³/mol. The van der Waals surface area contributed by atoms with Gasteiger partial charge in [-0.2, -0.15) is 14.9 Å². The van der Waals surface area contributed by atoms with Crippen molar-refractivity contribution in [3.8, 4) is 0 Å². The molecule has 0 amide bonds. The van der Waals surface area contributed by atoms with Crippen molar-refractivity contribution in [2.75, 3.05) is 5.73 Å². The molecule has 0 radical (unpaired) electrons. The number of nitrogens with two attached hydrogens (primary N) is 1. The number of hydrogen-bond acceptors (Lipinski definition) is 4. The van der Waals surface area contributed by atoms with E-state index in [1.165, 1.54) is 10.7 Å². The Bertz CT molecular complexity index is 1050. The molecular formula is C19H20ClN5O. The number of hydrogen-bond donors (Lipinski definition) is 1. The van der Waals surface area contributed by atoms with Crippen molar-refractivity contribution in [3.05, 3.63) is 79.9 Å². The molecule has 0 aliphatic heterocycles. The zero-order valence-electron chi connectivity index (χ0n) is 14.9. The summed E-state index contributed by atoms with van der Waals surface area (Å²) in [7, 11) is 0. The van der Waals surface area contributed by atoms with Gasteiger partial charge in [0.15, 0.2) is 0 Å². The van der Waals surface area contributed by atoms with E-state index in [1.54, 1.807) is 12.3 Å². The number of nitrogen functional groups attached to an aromatic ring is 1. The number of rotatable bonds is 4. The molecule has 0 spiro atoms. The molecule has 3 rings (SSSR count). The maximum absolute atomic E-state index is 12.1. The normalized spacial score (nSPS) is 11.4. The summed E-state index contributed by atoms with van der Waals surface area (Å²) in [5, 5.41) is 9.52. The first-order chi connectivity index (χ1) is 12.4. The fourth-order valence-corrected chi connectivity index (χ4v) is 2.99. The highest BCUT2D eigenvalue weighted by Gasteiger charge is 2.11. The molecule has 7 heteroatoms. The molecule has 0 atom stereocenters. The molecule has 0 aliphatic carbocycles. The van der Waals surface area contributed by atoms with Gasteiger partial charge in [-0.25, -0.2) is 0 Å². The van der Waals surface area contributed by atoms with Gasteiger partial charge in [-0.05, 0) is 44.0 Å². The average molecular weight is 370 g/mol. The fraction of sp³-hybridized carbons (Fsp3) is 0.211. The van der Waals surface area contributed by atoms with E-state index in [-0.39, 0.29) is 5.56 Å². The van der Waals surface area contributed by atoms with Gasteiger partial charge in [-0.1, -0.05) is 29.8 Å². The highest BCUT2D eigenvalue weighted by molar-refractivity contribution is 6.31. The van der Waals surface area contributed by atoms with Gasteiger partial charge in [0.2, 0.25) is 0 Å². The van der Waals surface area contributed by atoms with Crippen molar-refractivity contribution in [1.82, 2.24) is 14.5 Å². The number of aromatic nitrogens is 3. The van der Waals surface area contributed by atoms with Crippen molar-refractivity contribution in [1.29, 1.82) is 0 Å². The molecule has 0 unspecified atom stereocenters. The summed E-state index contributed by atoms with van der Waals surface area (Å²) in [6.45, 7) is 6.24. The quantitative estimate of drug-likeness (QED) is 0.717. The monoisotopic (exact) mass is 369 g/mol. The number of pyridine rings is 1. The van der Waals surface area contributed by atoms with Crippen LogP contribution >= 0.6 is 11.6 Å². The summed E-state index contributed by atoms with van der Waals surface area (Å²) in [5.41, 5.74) is 10.0. The Morgan fingerprint density at radius 2 is 1.96 bits per heavy atom. The van der Waals surface area contributed by atoms with Crippen LogP contribution in [0.3, 0.4) is 0 Å². The first-order valence-electron chi connectivity index (χ1n) is 8.17. The fourth-order valence-electron chi connectivity index (χ4n) is 2.80. The molecule has 2 aromatic heterocycles. The zero-order chi connectivity index (χ0) is 18.8. The molecule has 0 saturated carbocycles. The Labute approximate surface area is 156 Å². The van der Waals surface area contributed by atoms with Gasteiger partial charge in [0.1, 0.15) is 5.82 Å². The van der Waals surface area contributed by atoms with Crippen LogP contribution in [0.1, 0.15) is 28.1 Å². The highest BCUT2D eigenvalue weighted by Crippen LogP contribution is 2.18. The maximum Gasteiger partial charge on any atom is 0.273 e. The lowest BCUT2D eigenvalue weighted by molar-refractivity contribution is 0.659. The Morgan fingerprint density at radius 3 is 2.65 bits per heavy atom. The molecule has 3 aromatic rings. The number of aryl methyl sites for hydroxylation is 2. The van der Waals surface area contributed by atoms with E-state index in [0.29, 0.717) is 17.4 Å². The summed E-state index contributed by atoms with van der Waals surface area (Å²) >= 11 is 6.24. The number of halogens is 1. The molecule has 2 N–H and O–H groups in total. The Balaban J connectivity index is 1.94. The van der Waals surface area contributed by atoms with Gasteiger partial charge < -0.3 is 5.73 Å². The lowest BCUT2D eigenvalue weighted by Crippen LogP contribution is -2.19. The summed E-state index contributed by atoms with van der Waals surface area (Å²) in [6, 6.07) is 10.9. The minimum Gasteiger partial charge on any atom is -0.384 e. The Kier molecular flexibility index (Phi) is 4.95. The molecule has 0 bridgehead atoms. The average Bonchev–Trinajstić information content (AvgIpc) is 2.83. The van der Waals surface area contributed by atoms with E-state index < -0.39 is 0 Å². The Hall–Kier alpha value is -2.86. The van der Waals surface area contributed by atoms with E-state index in [9.17, 15) is 4.79 Å². The van der Waals surface area contributed by atoms with E-state index in [4.69, 9.17) is 17.3 Å². The number of nitrogens with zero attached hydrogens (tertiary/aromatic N) is 4. The molecule has 2 heterocycles. The van der Waals surface area contributed by atoms with Crippen molar-refractivity contribution < 1.29 is 0 Å². The summed E-state index contributed by atoms with van der Waals surface area (Å²) in [4.78, 5) is 12.1. The van der Waals surface area contributed by atoms with E-state index in [2.05, 4.69) is 10.2 Å². The predicted octanol–water partition coefficient (Wildman–Crippen LogP) is 3.14. The first-order valence-corrected chi connectivity index (χ1v) is 8.55. The van der Waals surface area contributed by atoms with Crippen LogP contribution in [0.25, 0.3) is 0 Å². The topological polar surface area (TPSA) is 78.2 Å². The van der Waals surface area contributed by atoms with E-state index >= 15 is 0 Å². The van der Waals surface area contributed by atoms with Gasteiger partial charge in [0.05, 0.1) is 18.5 Å². The van der Waals surface area contributed by atoms with Gasteiger partial charge in [0.25, 0.3) is 5.56 Å². The van der Waals surface area contributed by atoms with Crippen LogP contribution in [0.2, 0.25) is 5.02 Å². The Morgan fingerprint density at radius 1 is 1.23 bits per heavy atom. The van der Waals surface area contributed by atoms with Crippen molar-refractivity contribution in [2.45, 2.75) is 27.3 Å². The van der Waals surface area contributed by atoms with E-state index in [0.717, 1.165) is 28.1 Å². The molecular weight excluding hydrogens is 350 g/mol. The van der Waals surface area contributed by atoms with Crippen molar-refractivity contribution >= 4 is 23.6 Å². The van der Waals surface area contributed by atoms with E-state index in [1.807, 2.05) is 49.7 Å². The standard InChI is InChI=1S/C19H20ClN5O/c1-12-8-18(21)25(19(26)9-12)22-10-16-13(2)23-24(14(16)3)11-15-6-4-5-7-17(15)20/h4-10H,11,21H2,1-3H3/b22-10-. The van der Waals surface area contributed by atoms with Crippen LogP contribution < -0.4 is 11.3 Å². The maximum atomic E-state index is 12.1. The zero-order valence-corrected chi connectivity index (χ0v) is 15.7. The summed E-state index contributed by atoms with van der Waals surface area (Å²) < 4.78 is 3.05. The second-order valence-corrected chi connectivity index (χ2v) is 6.59. The third-order valence-electron chi connectivity index (χ3n) is 4.20. The van der Waals surface area contributed by atoms with Gasteiger partial charge in [-0.3, -0.25) is 9.48 Å². The lowest BCUT2D eigenvalue weighted by atomic mass is 10.2. The van der Waals surface area contributed by atoms with Gasteiger partial charge in [0, 0.05) is 22.3 Å². The van der Waals surface area contributed by atoms with Crippen LogP contribution in [0.4, 0.5) is 5.82 Å². The first kappa shape index (κ1) is 17.9. The van der Waals surface area contributed by atoms with Crippen LogP contribution in [0.5, 0.6) is 0 Å². The molecule has 1 aromatic carbocycles. The van der Waals surface area contributed by atoms with Crippen LogP contribution in [0.15, 0.2) is 46.3 Å². The second kappa shape index (κ2) is 7.17. The highest BCUT2D eigenvalue weighted by atomic mass is 35.5. The SMILES string of the molecule is Cc1cc(N)n(/N=C\c2c(C)nn(Cc3ccccc3Cl)c2C)c(=O)c1. The van der Waals surface area contributed by atoms with Crippen LogP contribution in [-0.2, 0) is 6.54 Å². The molecule has 134 valence electrons. The minimum absolute atomic E-state index is 0.266. The third-order valence-corrected chi connectivity index (χ3v) is 4.57. The minimum atomic E-state index is -0.266. The lowest BCUT2D eigenvalue weighted by Gasteiger charge is -2.07. The smallest absolute Gasteiger partial charge is 0.273 e. The molecule has 6 nitrogen and oxygen atoms in total. The number of anilines is 1. The largest absolute Gasteiger partial charge is 0.384 e. The molecule has 0 saturated heterocycles. The summed E-state index contributed by atoms with van der Waals surface area (Å²) in [6.07, 6.45) is 1.62. The summed E-state index contributed by atoms with van der Waals surface area (Å²) in [5.74, 6) is 0.296.